The van der Waals surface area contributed by atoms with Crippen molar-refractivity contribution < 1.29 is 14.6 Å². The van der Waals surface area contributed by atoms with Crippen LogP contribution in [0.2, 0.25) is 0 Å². The van der Waals surface area contributed by atoms with E-state index in [0.29, 0.717) is 0 Å². The molecule has 3 nitrogen and oxygen atoms in total. The Hall–Kier alpha value is -1.84. The number of hydrogen-bond acceptors (Lipinski definition) is 3. The van der Waals surface area contributed by atoms with E-state index in [1.165, 1.54) is 0 Å². The molecule has 0 spiro atoms. The number of methoxy groups -OCH3 is 1. The van der Waals surface area contributed by atoms with Crippen LogP contribution >= 0.6 is 0 Å². The van der Waals surface area contributed by atoms with Crippen LogP contribution in [0, 0.1) is 0 Å². The number of ether oxygens (including phenoxy) is 2. The summed E-state index contributed by atoms with van der Waals surface area (Å²) in [5, 5.41) is 10.0. The Morgan fingerprint density at radius 3 is 2.58 bits per heavy atom. The number of aliphatic hydroxyl groups excluding tert-OH is 1. The number of benzene rings is 2. The van der Waals surface area contributed by atoms with E-state index < -0.39 is 6.29 Å². The standard InChI is InChI=1S/C16H16O3/c1-18-13-8-6-11(7-9-13)15-10-12-4-2-3-5-14(12)16(17)19-15/h2-9,15-17H,10H2,1H3/t15-,16-/m0/s1. The van der Waals surface area contributed by atoms with Gasteiger partial charge in [0, 0.05) is 12.0 Å². The van der Waals surface area contributed by atoms with Crippen molar-refractivity contribution in [2.45, 2.75) is 18.8 Å². The zero-order valence-electron chi connectivity index (χ0n) is 10.7. The quantitative estimate of drug-likeness (QED) is 0.897. The van der Waals surface area contributed by atoms with Gasteiger partial charge in [-0.3, -0.25) is 0 Å². The summed E-state index contributed by atoms with van der Waals surface area (Å²) in [4.78, 5) is 0. The predicted molar refractivity (Wildman–Crippen MR) is 71.9 cm³/mol. The van der Waals surface area contributed by atoms with Crippen molar-refractivity contribution in [3.8, 4) is 5.75 Å². The molecule has 0 amide bonds. The maximum absolute atomic E-state index is 10.0. The van der Waals surface area contributed by atoms with Gasteiger partial charge in [0.1, 0.15) is 5.75 Å². The molecule has 1 N–H and O–H groups in total. The summed E-state index contributed by atoms with van der Waals surface area (Å²) in [6.45, 7) is 0. The number of hydrogen-bond donors (Lipinski definition) is 1. The van der Waals surface area contributed by atoms with Gasteiger partial charge in [0.25, 0.3) is 0 Å². The molecular formula is C16H16O3. The molecule has 2 aromatic rings. The first kappa shape index (κ1) is 12.2. The molecule has 0 fully saturated rings. The smallest absolute Gasteiger partial charge is 0.182 e. The Morgan fingerprint density at radius 2 is 1.84 bits per heavy atom. The molecule has 2 aromatic carbocycles. The van der Waals surface area contributed by atoms with Crippen LogP contribution in [0.5, 0.6) is 5.75 Å². The third-order valence-corrected chi connectivity index (χ3v) is 3.51. The van der Waals surface area contributed by atoms with E-state index in [0.717, 1.165) is 28.9 Å². The molecule has 1 heterocycles. The first-order chi connectivity index (χ1) is 9.28. The minimum atomic E-state index is -0.850. The highest BCUT2D eigenvalue weighted by Gasteiger charge is 2.26. The van der Waals surface area contributed by atoms with E-state index in [1.54, 1.807) is 7.11 Å². The van der Waals surface area contributed by atoms with Crippen molar-refractivity contribution in [3.05, 3.63) is 65.2 Å². The first-order valence-corrected chi connectivity index (χ1v) is 6.33. The van der Waals surface area contributed by atoms with Gasteiger partial charge in [0.05, 0.1) is 13.2 Å². The molecule has 0 saturated carbocycles. The van der Waals surface area contributed by atoms with Gasteiger partial charge in [-0.05, 0) is 23.3 Å². The van der Waals surface area contributed by atoms with Gasteiger partial charge in [-0.2, -0.15) is 0 Å². The monoisotopic (exact) mass is 256 g/mol. The molecule has 0 aliphatic carbocycles. The topological polar surface area (TPSA) is 38.7 Å². The Kier molecular flexibility index (Phi) is 3.23. The van der Waals surface area contributed by atoms with E-state index >= 15 is 0 Å². The molecule has 3 heteroatoms. The fourth-order valence-electron chi connectivity index (χ4n) is 2.45. The third-order valence-electron chi connectivity index (χ3n) is 3.51. The Bertz CT molecular complexity index is 562. The SMILES string of the molecule is COc1ccc([C@@H]2Cc3ccccc3[C@@H](O)O2)cc1. The van der Waals surface area contributed by atoms with Crippen molar-refractivity contribution in [1.29, 1.82) is 0 Å². The average Bonchev–Trinajstić information content (AvgIpc) is 2.47. The van der Waals surface area contributed by atoms with Crippen molar-refractivity contribution in [2.24, 2.45) is 0 Å². The van der Waals surface area contributed by atoms with Crippen LogP contribution in [0.1, 0.15) is 29.1 Å². The summed E-state index contributed by atoms with van der Waals surface area (Å²) in [6.07, 6.45) is -0.188. The maximum atomic E-state index is 10.0. The predicted octanol–water partition coefficient (Wildman–Crippen LogP) is 3.00. The van der Waals surface area contributed by atoms with Crippen molar-refractivity contribution >= 4 is 0 Å². The summed E-state index contributed by atoms with van der Waals surface area (Å²) in [7, 11) is 1.64. The highest BCUT2D eigenvalue weighted by molar-refractivity contribution is 5.34. The van der Waals surface area contributed by atoms with Crippen LogP contribution in [0.3, 0.4) is 0 Å². The molecular weight excluding hydrogens is 240 g/mol. The zero-order valence-corrected chi connectivity index (χ0v) is 10.7. The van der Waals surface area contributed by atoms with E-state index in [-0.39, 0.29) is 6.10 Å². The first-order valence-electron chi connectivity index (χ1n) is 6.33. The molecule has 0 radical (unpaired) electrons. The second-order valence-electron chi connectivity index (χ2n) is 4.65. The van der Waals surface area contributed by atoms with Gasteiger partial charge in [0.15, 0.2) is 6.29 Å². The summed E-state index contributed by atoms with van der Waals surface area (Å²) in [5.41, 5.74) is 3.06. The fourth-order valence-corrected chi connectivity index (χ4v) is 2.45. The van der Waals surface area contributed by atoms with Crippen LogP contribution in [0.15, 0.2) is 48.5 Å². The Labute approximate surface area is 112 Å². The highest BCUT2D eigenvalue weighted by Crippen LogP contribution is 2.36. The molecule has 1 aliphatic heterocycles. The molecule has 3 rings (SSSR count). The van der Waals surface area contributed by atoms with Crippen LogP contribution in [-0.4, -0.2) is 12.2 Å². The van der Waals surface area contributed by atoms with Crippen molar-refractivity contribution in [3.63, 3.8) is 0 Å². The molecule has 0 aromatic heterocycles. The molecule has 98 valence electrons. The molecule has 2 atom stereocenters. The lowest BCUT2D eigenvalue weighted by Gasteiger charge is -2.29. The lowest BCUT2D eigenvalue weighted by Crippen LogP contribution is -2.20. The normalized spacial score (nSPS) is 21.8. The average molecular weight is 256 g/mol. The van der Waals surface area contributed by atoms with E-state index in [2.05, 4.69) is 0 Å². The van der Waals surface area contributed by atoms with Gasteiger partial charge in [-0.25, -0.2) is 0 Å². The molecule has 19 heavy (non-hydrogen) atoms. The van der Waals surface area contributed by atoms with Gasteiger partial charge in [0.2, 0.25) is 0 Å². The fraction of sp³-hybridized carbons (Fsp3) is 0.250. The maximum Gasteiger partial charge on any atom is 0.182 e. The second kappa shape index (κ2) is 5.03. The van der Waals surface area contributed by atoms with E-state index in [4.69, 9.17) is 9.47 Å². The van der Waals surface area contributed by atoms with Crippen LogP contribution in [0.4, 0.5) is 0 Å². The summed E-state index contributed by atoms with van der Waals surface area (Å²) in [6, 6.07) is 15.6. The van der Waals surface area contributed by atoms with Crippen LogP contribution in [0.25, 0.3) is 0 Å². The Balaban J connectivity index is 1.87. The number of rotatable bonds is 2. The van der Waals surface area contributed by atoms with Crippen LogP contribution in [-0.2, 0) is 11.2 Å². The van der Waals surface area contributed by atoms with Crippen molar-refractivity contribution in [1.82, 2.24) is 0 Å². The highest BCUT2D eigenvalue weighted by atomic mass is 16.6. The lowest BCUT2D eigenvalue weighted by atomic mass is 9.94. The van der Waals surface area contributed by atoms with Gasteiger partial charge in [-0.1, -0.05) is 36.4 Å². The summed E-state index contributed by atoms with van der Waals surface area (Å²) >= 11 is 0. The van der Waals surface area contributed by atoms with E-state index in [9.17, 15) is 5.11 Å². The number of aliphatic hydroxyl groups is 1. The minimum absolute atomic E-state index is 0.115. The van der Waals surface area contributed by atoms with Gasteiger partial charge >= 0.3 is 0 Å². The molecule has 0 bridgehead atoms. The van der Waals surface area contributed by atoms with Gasteiger partial charge in [-0.15, -0.1) is 0 Å². The second-order valence-corrected chi connectivity index (χ2v) is 4.65. The largest absolute Gasteiger partial charge is 0.497 e. The zero-order chi connectivity index (χ0) is 13.2. The molecule has 0 saturated heterocycles. The minimum Gasteiger partial charge on any atom is -0.497 e. The van der Waals surface area contributed by atoms with Crippen molar-refractivity contribution in [2.75, 3.05) is 7.11 Å². The lowest BCUT2D eigenvalue weighted by molar-refractivity contribution is -0.151. The summed E-state index contributed by atoms with van der Waals surface area (Å²) < 4.78 is 10.8. The molecule has 0 unspecified atom stereocenters. The third kappa shape index (κ3) is 2.35. The number of fused-ring (bicyclic) bond motifs is 1. The summed E-state index contributed by atoms with van der Waals surface area (Å²) in [5.74, 6) is 0.820. The van der Waals surface area contributed by atoms with Gasteiger partial charge < -0.3 is 14.6 Å². The molecule has 1 aliphatic rings. The van der Waals surface area contributed by atoms with E-state index in [1.807, 2.05) is 48.5 Å². The Morgan fingerprint density at radius 1 is 1.11 bits per heavy atom. The van der Waals surface area contributed by atoms with Crippen LogP contribution < -0.4 is 4.74 Å².